The number of amides is 1. The number of primary sulfonamides is 1. The Balaban J connectivity index is 2.11. The Morgan fingerprint density at radius 2 is 1.54 bits per heavy atom. The van der Waals surface area contributed by atoms with Crippen LogP contribution in [0.2, 0.25) is 0 Å². The van der Waals surface area contributed by atoms with Crippen molar-refractivity contribution in [2.24, 2.45) is 5.14 Å². The molecule has 0 atom stereocenters. The Kier molecular flexibility index (Phi) is 7.82. The minimum absolute atomic E-state index is 0.129. The van der Waals surface area contributed by atoms with Gasteiger partial charge in [0, 0.05) is 6.20 Å². The van der Waals surface area contributed by atoms with E-state index in [0.717, 1.165) is 12.1 Å². The molecular weight excluding hydrogens is 571 g/mol. The largest absolute Gasteiger partial charge is 0.419 e. The average molecular weight is 588 g/mol. The first kappa shape index (κ1) is 29.9. The van der Waals surface area contributed by atoms with E-state index >= 15 is 0 Å². The van der Waals surface area contributed by atoms with Crippen molar-refractivity contribution in [3.8, 4) is 5.69 Å². The van der Waals surface area contributed by atoms with Crippen molar-refractivity contribution < 1.29 is 52.7 Å². The second-order valence-electron chi connectivity index (χ2n) is 8.14. The van der Waals surface area contributed by atoms with Crippen molar-refractivity contribution >= 4 is 21.6 Å². The fourth-order valence-corrected chi connectivity index (χ4v) is 4.32. The average Bonchev–Trinajstić information content (AvgIpc) is 3.27. The fraction of sp³-hybridized carbons (Fsp3) is 0.273. The van der Waals surface area contributed by atoms with Crippen LogP contribution in [-0.2, 0) is 46.2 Å². The van der Waals surface area contributed by atoms with Crippen molar-refractivity contribution in [1.82, 2.24) is 9.78 Å². The number of anilines is 1. The maximum absolute atomic E-state index is 13.9. The Labute approximate surface area is 214 Å². The summed E-state index contributed by atoms with van der Waals surface area (Å²) >= 11 is 0. The lowest BCUT2D eigenvalue weighted by atomic mass is 9.98. The molecule has 3 aromatic rings. The van der Waals surface area contributed by atoms with Gasteiger partial charge in [0.15, 0.2) is 0 Å². The first-order valence-corrected chi connectivity index (χ1v) is 12.2. The topological polar surface area (TPSA) is 107 Å². The van der Waals surface area contributed by atoms with Crippen LogP contribution in [0, 0.1) is 0 Å². The predicted molar refractivity (Wildman–Crippen MR) is 118 cm³/mol. The lowest BCUT2D eigenvalue weighted by Crippen LogP contribution is -2.22. The summed E-state index contributed by atoms with van der Waals surface area (Å²) in [6, 6.07) is 2.97. The summed E-state index contributed by atoms with van der Waals surface area (Å²) in [7, 11) is -4.91. The Morgan fingerprint density at radius 1 is 0.923 bits per heavy atom. The summed E-state index contributed by atoms with van der Waals surface area (Å²) in [4.78, 5) is 11.5. The first-order chi connectivity index (χ1) is 17.7. The van der Waals surface area contributed by atoms with E-state index in [1.54, 1.807) is 6.92 Å². The third kappa shape index (κ3) is 6.89. The number of nitrogens with one attached hydrogen (secondary N) is 1. The van der Waals surface area contributed by atoms with E-state index in [-0.39, 0.29) is 41.2 Å². The molecule has 0 aliphatic rings. The monoisotopic (exact) mass is 588 g/mol. The molecule has 3 rings (SSSR count). The van der Waals surface area contributed by atoms with Gasteiger partial charge in [-0.25, -0.2) is 18.2 Å². The second-order valence-corrected chi connectivity index (χ2v) is 9.67. The van der Waals surface area contributed by atoms with Crippen LogP contribution in [0.5, 0.6) is 0 Å². The number of sulfonamides is 1. The molecule has 0 fully saturated rings. The van der Waals surface area contributed by atoms with Gasteiger partial charge < -0.3 is 5.32 Å². The number of rotatable bonds is 6. The SMILES string of the molecule is CCc1ccc(C(F)(F)F)cc1CC(=O)Nc1cc(S(N)(=O)=O)c(-n2cc(C(F)(F)F)cn2)cc1C(F)(F)F. The number of aromatic nitrogens is 2. The van der Waals surface area contributed by atoms with Gasteiger partial charge in [-0.05, 0) is 41.8 Å². The molecule has 1 heterocycles. The number of nitrogens with zero attached hydrogens (tertiary/aromatic N) is 2. The third-order valence-corrected chi connectivity index (χ3v) is 6.35. The van der Waals surface area contributed by atoms with E-state index in [9.17, 15) is 52.7 Å². The molecule has 0 aliphatic carbocycles. The number of carbonyl (C=O) groups excluding carboxylic acids is 1. The van der Waals surface area contributed by atoms with Crippen LogP contribution >= 0.6 is 0 Å². The summed E-state index contributed by atoms with van der Waals surface area (Å²) in [6.45, 7) is 1.57. The van der Waals surface area contributed by atoms with Crippen LogP contribution in [0.1, 0.15) is 34.7 Å². The number of hydrogen-bond donors (Lipinski definition) is 2. The molecule has 0 saturated heterocycles. The van der Waals surface area contributed by atoms with Gasteiger partial charge in [0.2, 0.25) is 15.9 Å². The fourth-order valence-electron chi connectivity index (χ4n) is 3.59. The molecule has 2 aromatic carbocycles. The molecule has 7 nitrogen and oxygen atoms in total. The van der Waals surface area contributed by atoms with Crippen molar-refractivity contribution in [3.63, 3.8) is 0 Å². The highest BCUT2D eigenvalue weighted by Crippen LogP contribution is 2.39. The molecule has 0 spiro atoms. The standard InChI is InChI=1S/C22H17F9N4O3S/c1-2-11-3-4-13(20(23,24)25)5-12(11)6-19(36)34-16-8-18(39(32,37)38)17(7-15(16)22(29,30)31)35-10-14(9-33-35)21(26,27)28/h3-5,7-10H,2,6H2,1H3,(H,34,36)(H2,32,37,38). The summed E-state index contributed by atoms with van der Waals surface area (Å²) in [5.74, 6) is -1.24. The maximum atomic E-state index is 13.9. The van der Waals surface area contributed by atoms with E-state index in [4.69, 9.17) is 5.14 Å². The van der Waals surface area contributed by atoms with Gasteiger partial charge in [-0.3, -0.25) is 4.79 Å². The molecule has 0 aliphatic heterocycles. The highest BCUT2D eigenvalue weighted by molar-refractivity contribution is 7.89. The third-order valence-electron chi connectivity index (χ3n) is 5.41. The quantitative estimate of drug-likeness (QED) is 0.380. The normalized spacial score (nSPS) is 13.0. The summed E-state index contributed by atoms with van der Waals surface area (Å²) < 4.78 is 144. The van der Waals surface area contributed by atoms with Crippen LogP contribution in [0.25, 0.3) is 5.69 Å². The summed E-state index contributed by atoms with van der Waals surface area (Å²) in [5.41, 5.74) is -6.16. The predicted octanol–water partition coefficient (Wildman–Crippen LogP) is 5.32. The lowest BCUT2D eigenvalue weighted by Gasteiger charge is -2.18. The van der Waals surface area contributed by atoms with Crippen LogP contribution in [0.4, 0.5) is 45.2 Å². The molecule has 0 unspecified atom stereocenters. The number of alkyl halides is 9. The number of carbonyl (C=O) groups is 1. The molecule has 1 aromatic heterocycles. The van der Waals surface area contributed by atoms with Gasteiger partial charge in [0.25, 0.3) is 0 Å². The van der Waals surface area contributed by atoms with Gasteiger partial charge in [0.05, 0.1) is 40.7 Å². The zero-order valence-corrected chi connectivity index (χ0v) is 20.3. The second kappa shape index (κ2) is 10.2. The van der Waals surface area contributed by atoms with E-state index in [0.29, 0.717) is 11.6 Å². The first-order valence-electron chi connectivity index (χ1n) is 10.6. The van der Waals surface area contributed by atoms with Crippen molar-refractivity contribution in [2.45, 2.75) is 43.2 Å². The van der Waals surface area contributed by atoms with Crippen LogP contribution in [0.15, 0.2) is 47.6 Å². The molecule has 0 radical (unpaired) electrons. The Morgan fingerprint density at radius 3 is 2.03 bits per heavy atom. The van der Waals surface area contributed by atoms with Gasteiger partial charge in [-0.2, -0.15) is 44.6 Å². The molecule has 39 heavy (non-hydrogen) atoms. The van der Waals surface area contributed by atoms with E-state index in [1.807, 2.05) is 5.32 Å². The van der Waals surface area contributed by atoms with Gasteiger partial charge in [-0.1, -0.05) is 13.0 Å². The van der Waals surface area contributed by atoms with Crippen LogP contribution in [0.3, 0.4) is 0 Å². The molecule has 212 valence electrons. The van der Waals surface area contributed by atoms with Gasteiger partial charge >= 0.3 is 18.5 Å². The van der Waals surface area contributed by atoms with Crippen molar-refractivity contribution in [3.05, 3.63) is 70.5 Å². The molecule has 1 amide bonds. The molecule has 3 N–H and O–H groups in total. The number of hydrogen-bond acceptors (Lipinski definition) is 4. The van der Waals surface area contributed by atoms with E-state index in [1.165, 1.54) is 0 Å². The van der Waals surface area contributed by atoms with Crippen LogP contribution in [-0.4, -0.2) is 24.1 Å². The highest BCUT2D eigenvalue weighted by atomic mass is 32.2. The minimum atomic E-state index is -5.28. The molecule has 17 heteroatoms. The molecular formula is C22H17F9N4O3S. The van der Waals surface area contributed by atoms with Crippen molar-refractivity contribution in [1.29, 1.82) is 0 Å². The van der Waals surface area contributed by atoms with E-state index in [2.05, 4.69) is 5.10 Å². The van der Waals surface area contributed by atoms with Gasteiger partial charge in [0.1, 0.15) is 4.90 Å². The highest BCUT2D eigenvalue weighted by Gasteiger charge is 2.38. The van der Waals surface area contributed by atoms with Gasteiger partial charge in [-0.15, -0.1) is 0 Å². The number of halogens is 9. The zero-order valence-electron chi connectivity index (χ0n) is 19.5. The van der Waals surface area contributed by atoms with Crippen LogP contribution < -0.4 is 10.5 Å². The Hall–Kier alpha value is -3.60. The zero-order chi connectivity index (χ0) is 29.6. The minimum Gasteiger partial charge on any atom is -0.325 e. The smallest absolute Gasteiger partial charge is 0.325 e. The summed E-state index contributed by atoms with van der Waals surface area (Å²) in [6.07, 6.45) is -15.1. The maximum Gasteiger partial charge on any atom is 0.419 e. The number of nitrogens with two attached hydrogens (primary N) is 1. The number of aryl methyl sites for hydroxylation is 1. The van der Waals surface area contributed by atoms with E-state index < -0.39 is 73.8 Å². The summed E-state index contributed by atoms with van der Waals surface area (Å²) in [5, 5.41) is 10.2. The molecule has 0 bridgehead atoms. The molecule has 0 saturated carbocycles. The number of benzene rings is 2. The lowest BCUT2D eigenvalue weighted by molar-refractivity contribution is -0.138. The Bertz CT molecular complexity index is 1510. The van der Waals surface area contributed by atoms with Crippen molar-refractivity contribution in [2.75, 3.05) is 5.32 Å².